The van der Waals surface area contributed by atoms with E-state index in [1.807, 2.05) is 19.1 Å². The molecule has 21 heavy (non-hydrogen) atoms. The standard InChI is InChI=1S/C14H22ClN3O2.HI/c1-4-20-8-7-17-14(16-2)18-10-11-5-6-12(15)9-13(11)19-3;/h5-6,9H,4,7-8,10H2,1-3H3,(H2,16,17,18);1H. The van der Waals surface area contributed by atoms with Crippen molar-refractivity contribution in [2.75, 3.05) is 33.9 Å². The second kappa shape index (κ2) is 11.9. The van der Waals surface area contributed by atoms with Gasteiger partial charge in [-0.05, 0) is 19.1 Å². The van der Waals surface area contributed by atoms with Crippen molar-refractivity contribution in [3.05, 3.63) is 28.8 Å². The zero-order valence-electron chi connectivity index (χ0n) is 12.6. The molecule has 0 saturated carbocycles. The fourth-order valence-corrected chi connectivity index (χ4v) is 1.81. The van der Waals surface area contributed by atoms with Gasteiger partial charge in [-0.2, -0.15) is 0 Å². The molecule has 0 heterocycles. The molecule has 0 spiro atoms. The molecule has 7 heteroatoms. The van der Waals surface area contributed by atoms with Crippen LogP contribution >= 0.6 is 35.6 Å². The number of halogens is 2. The van der Waals surface area contributed by atoms with Gasteiger partial charge in [0.25, 0.3) is 0 Å². The van der Waals surface area contributed by atoms with E-state index in [1.54, 1.807) is 20.2 Å². The summed E-state index contributed by atoms with van der Waals surface area (Å²) >= 11 is 5.93. The molecule has 0 aliphatic heterocycles. The molecule has 1 rings (SSSR count). The molecule has 0 fully saturated rings. The Bertz CT molecular complexity index is 444. The van der Waals surface area contributed by atoms with Crippen LogP contribution in [0.3, 0.4) is 0 Å². The number of nitrogens with zero attached hydrogens (tertiary/aromatic N) is 1. The maximum absolute atomic E-state index is 5.93. The van der Waals surface area contributed by atoms with Crippen molar-refractivity contribution in [1.82, 2.24) is 10.6 Å². The second-order valence-electron chi connectivity index (χ2n) is 4.01. The molecule has 2 N–H and O–H groups in total. The van der Waals surface area contributed by atoms with Crippen LogP contribution in [0.1, 0.15) is 12.5 Å². The van der Waals surface area contributed by atoms with E-state index in [1.165, 1.54) is 0 Å². The van der Waals surface area contributed by atoms with Crippen molar-refractivity contribution in [2.45, 2.75) is 13.5 Å². The molecule has 0 radical (unpaired) electrons. The molecule has 1 aromatic rings. The Balaban J connectivity index is 0.00000400. The first-order valence-corrected chi connectivity index (χ1v) is 6.93. The average Bonchev–Trinajstić information content (AvgIpc) is 2.47. The van der Waals surface area contributed by atoms with Crippen LogP contribution in [0.15, 0.2) is 23.2 Å². The summed E-state index contributed by atoms with van der Waals surface area (Å²) in [6.45, 7) is 4.66. The van der Waals surface area contributed by atoms with Crippen LogP contribution in [0.25, 0.3) is 0 Å². The molecule has 0 aromatic heterocycles. The Morgan fingerprint density at radius 1 is 1.33 bits per heavy atom. The Morgan fingerprint density at radius 2 is 2.10 bits per heavy atom. The number of ether oxygens (including phenoxy) is 2. The molecule has 0 aliphatic carbocycles. The van der Waals surface area contributed by atoms with Crippen molar-refractivity contribution in [2.24, 2.45) is 4.99 Å². The van der Waals surface area contributed by atoms with Crippen LogP contribution in [0, 0.1) is 0 Å². The first-order chi connectivity index (χ1) is 9.71. The summed E-state index contributed by atoms with van der Waals surface area (Å²) in [6, 6.07) is 5.57. The van der Waals surface area contributed by atoms with E-state index < -0.39 is 0 Å². The zero-order valence-corrected chi connectivity index (χ0v) is 15.7. The van der Waals surface area contributed by atoms with E-state index in [0.29, 0.717) is 24.7 Å². The van der Waals surface area contributed by atoms with Gasteiger partial charge in [0.15, 0.2) is 5.96 Å². The Labute approximate surface area is 148 Å². The van der Waals surface area contributed by atoms with Crippen molar-refractivity contribution < 1.29 is 9.47 Å². The Hall–Kier alpha value is -0.730. The minimum absolute atomic E-state index is 0. The van der Waals surface area contributed by atoms with Gasteiger partial charge in [0, 0.05) is 37.3 Å². The number of methoxy groups -OCH3 is 1. The predicted octanol–water partition coefficient (Wildman–Crippen LogP) is 2.67. The van der Waals surface area contributed by atoms with Crippen molar-refractivity contribution >= 4 is 41.5 Å². The zero-order chi connectivity index (χ0) is 14.8. The first-order valence-electron chi connectivity index (χ1n) is 6.56. The molecule has 0 saturated heterocycles. The predicted molar refractivity (Wildman–Crippen MR) is 98.1 cm³/mol. The summed E-state index contributed by atoms with van der Waals surface area (Å²) in [5.41, 5.74) is 1.02. The van der Waals surface area contributed by atoms with Crippen LogP contribution in [0.4, 0.5) is 0 Å². The maximum atomic E-state index is 5.93. The Morgan fingerprint density at radius 3 is 2.71 bits per heavy atom. The lowest BCUT2D eigenvalue weighted by atomic mass is 10.2. The summed E-state index contributed by atoms with van der Waals surface area (Å²) in [4.78, 5) is 4.15. The lowest BCUT2D eigenvalue weighted by Crippen LogP contribution is -2.38. The van der Waals surface area contributed by atoms with Gasteiger partial charge in [0.2, 0.25) is 0 Å². The highest BCUT2D eigenvalue weighted by molar-refractivity contribution is 14.0. The van der Waals surface area contributed by atoms with Crippen LogP contribution in [-0.4, -0.2) is 39.9 Å². The Kier molecular flexibility index (Phi) is 11.5. The quantitative estimate of drug-likeness (QED) is 0.304. The number of nitrogens with one attached hydrogen (secondary N) is 2. The molecule has 5 nitrogen and oxygen atoms in total. The molecule has 1 aromatic carbocycles. The third kappa shape index (κ3) is 7.73. The number of hydrogen-bond acceptors (Lipinski definition) is 3. The van der Waals surface area contributed by atoms with E-state index in [9.17, 15) is 0 Å². The van der Waals surface area contributed by atoms with Gasteiger partial charge in [0.1, 0.15) is 5.75 Å². The largest absolute Gasteiger partial charge is 0.496 e. The van der Waals surface area contributed by atoms with Crippen LogP contribution in [0.2, 0.25) is 5.02 Å². The van der Waals surface area contributed by atoms with Crippen molar-refractivity contribution in [1.29, 1.82) is 0 Å². The molecule has 0 aliphatic rings. The van der Waals surface area contributed by atoms with Gasteiger partial charge in [0.05, 0.1) is 13.7 Å². The van der Waals surface area contributed by atoms with Gasteiger partial charge in [-0.3, -0.25) is 4.99 Å². The highest BCUT2D eigenvalue weighted by Crippen LogP contribution is 2.22. The van der Waals surface area contributed by atoms with Gasteiger partial charge >= 0.3 is 0 Å². The third-order valence-electron chi connectivity index (χ3n) is 2.66. The highest BCUT2D eigenvalue weighted by Gasteiger charge is 2.05. The fourth-order valence-electron chi connectivity index (χ4n) is 1.65. The van der Waals surface area contributed by atoms with Crippen LogP contribution in [0.5, 0.6) is 5.75 Å². The third-order valence-corrected chi connectivity index (χ3v) is 2.90. The average molecular weight is 428 g/mol. The van der Waals surface area contributed by atoms with Crippen molar-refractivity contribution in [3.63, 3.8) is 0 Å². The molecule has 0 amide bonds. The molecule has 120 valence electrons. The topological polar surface area (TPSA) is 54.9 Å². The minimum atomic E-state index is 0. The second-order valence-corrected chi connectivity index (χ2v) is 4.44. The van der Waals surface area contributed by atoms with E-state index in [4.69, 9.17) is 21.1 Å². The normalized spacial score (nSPS) is 10.8. The summed E-state index contributed by atoms with van der Waals surface area (Å²) in [5, 5.41) is 7.04. The van der Waals surface area contributed by atoms with E-state index in [-0.39, 0.29) is 24.0 Å². The highest BCUT2D eigenvalue weighted by atomic mass is 127. The lowest BCUT2D eigenvalue weighted by molar-refractivity contribution is 0.152. The monoisotopic (exact) mass is 427 g/mol. The summed E-state index contributed by atoms with van der Waals surface area (Å²) in [6.07, 6.45) is 0. The summed E-state index contributed by atoms with van der Waals surface area (Å²) < 4.78 is 10.6. The fraction of sp³-hybridized carbons (Fsp3) is 0.500. The molecular weight excluding hydrogens is 405 g/mol. The SMILES string of the molecule is CCOCCNC(=NC)NCc1ccc(Cl)cc1OC.I. The number of hydrogen-bond donors (Lipinski definition) is 2. The van der Waals surface area contributed by atoms with Gasteiger partial charge in [-0.1, -0.05) is 17.7 Å². The van der Waals surface area contributed by atoms with Gasteiger partial charge in [-0.15, -0.1) is 24.0 Å². The summed E-state index contributed by atoms with van der Waals surface area (Å²) in [5.74, 6) is 1.48. The van der Waals surface area contributed by atoms with Crippen LogP contribution < -0.4 is 15.4 Å². The van der Waals surface area contributed by atoms with E-state index >= 15 is 0 Å². The van der Waals surface area contributed by atoms with E-state index in [0.717, 1.165) is 23.9 Å². The maximum Gasteiger partial charge on any atom is 0.191 e. The van der Waals surface area contributed by atoms with Crippen molar-refractivity contribution in [3.8, 4) is 5.75 Å². The minimum Gasteiger partial charge on any atom is -0.496 e. The number of benzene rings is 1. The molecule has 0 bridgehead atoms. The number of rotatable bonds is 7. The molecule has 0 unspecified atom stereocenters. The number of aliphatic imine (C=N–C) groups is 1. The summed E-state index contributed by atoms with van der Waals surface area (Å²) in [7, 11) is 3.36. The molecule has 0 atom stereocenters. The lowest BCUT2D eigenvalue weighted by Gasteiger charge is -2.14. The molecular formula is C14H23ClIN3O2. The first kappa shape index (κ1) is 20.3. The van der Waals surface area contributed by atoms with Gasteiger partial charge in [-0.25, -0.2) is 0 Å². The van der Waals surface area contributed by atoms with Crippen LogP contribution in [-0.2, 0) is 11.3 Å². The smallest absolute Gasteiger partial charge is 0.191 e. The van der Waals surface area contributed by atoms with E-state index in [2.05, 4.69) is 15.6 Å². The number of guanidine groups is 1. The van der Waals surface area contributed by atoms with Gasteiger partial charge < -0.3 is 20.1 Å².